The number of nitrogens with zero attached hydrogens (tertiary/aromatic N) is 3. The van der Waals surface area contributed by atoms with E-state index in [1.807, 2.05) is 0 Å². The number of alkyl halides is 2. The fourth-order valence-electron chi connectivity index (χ4n) is 1.29. The second-order valence-corrected chi connectivity index (χ2v) is 3.14. The monoisotopic (exact) mass is 257 g/mol. The summed E-state index contributed by atoms with van der Waals surface area (Å²) < 4.78 is 25.2. The predicted octanol–water partition coefficient (Wildman–Crippen LogP) is 1.43. The molecule has 9 heteroatoms. The maximum absolute atomic E-state index is 12.6. The Balaban J connectivity index is 3.49. The van der Waals surface area contributed by atoms with Crippen LogP contribution in [0, 0.1) is 21.4 Å². The molecule has 0 aromatic carbocycles. The summed E-state index contributed by atoms with van der Waals surface area (Å²) in [6.45, 7) is 0. The average molecular weight is 257 g/mol. The van der Waals surface area contributed by atoms with Crippen LogP contribution in [0.1, 0.15) is 23.4 Å². The summed E-state index contributed by atoms with van der Waals surface area (Å²) in [5, 5.41) is 27.7. The van der Waals surface area contributed by atoms with Crippen molar-refractivity contribution in [3.05, 3.63) is 33.1 Å². The molecule has 94 valence electrons. The SMILES string of the molecule is N#Cc1nc(CC(=O)O)cc([N+](=O)[O-])c1C(F)F. The molecule has 0 bridgehead atoms. The van der Waals surface area contributed by atoms with Gasteiger partial charge in [-0.1, -0.05) is 0 Å². The molecule has 18 heavy (non-hydrogen) atoms. The van der Waals surface area contributed by atoms with Crippen LogP contribution in [0.2, 0.25) is 0 Å². The lowest BCUT2D eigenvalue weighted by molar-refractivity contribution is -0.386. The number of aliphatic carboxylic acids is 1. The standard InChI is InChI=1S/C9H5F2N3O4/c10-9(11)8-5(3-12)13-4(2-7(15)16)1-6(8)14(17)18/h1,9H,2H2,(H,15,16). The highest BCUT2D eigenvalue weighted by atomic mass is 19.3. The number of halogens is 2. The minimum absolute atomic E-state index is 0.324. The second kappa shape index (κ2) is 5.13. The Morgan fingerprint density at radius 3 is 2.67 bits per heavy atom. The third-order valence-corrected chi connectivity index (χ3v) is 1.94. The van der Waals surface area contributed by atoms with Gasteiger partial charge in [-0.2, -0.15) is 5.26 Å². The Hall–Kier alpha value is -2.63. The first-order valence-corrected chi connectivity index (χ1v) is 4.45. The van der Waals surface area contributed by atoms with E-state index in [0.29, 0.717) is 6.07 Å². The van der Waals surface area contributed by atoms with E-state index >= 15 is 0 Å². The van der Waals surface area contributed by atoms with Crippen molar-refractivity contribution in [1.29, 1.82) is 5.26 Å². The van der Waals surface area contributed by atoms with Gasteiger partial charge in [0.15, 0.2) is 5.69 Å². The summed E-state index contributed by atoms with van der Waals surface area (Å²) in [7, 11) is 0. The third-order valence-electron chi connectivity index (χ3n) is 1.94. The molecule has 0 saturated heterocycles. The van der Waals surface area contributed by atoms with Crippen molar-refractivity contribution in [1.82, 2.24) is 4.98 Å². The number of hydrogen-bond donors (Lipinski definition) is 1. The number of nitriles is 1. The Labute approximate surface area is 98.4 Å². The third kappa shape index (κ3) is 2.73. The molecule has 0 spiro atoms. The molecule has 0 fully saturated rings. The second-order valence-electron chi connectivity index (χ2n) is 3.14. The summed E-state index contributed by atoms with van der Waals surface area (Å²) in [6.07, 6.45) is -3.94. The Morgan fingerprint density at radius 2 is 2.28 bits per heavy atom. The molecule has 0 aliphatic carbocycles. The summed E-state index contributed by atoms with van der Waals surface area (Å²) in [5.41, 5.74) is -3.27. The van der Waals surface area contributed by atoms with Crippen molar-refractivity contribution in [3.63, 3.8) is 0 Å². The number of rotatable bonds is 4. The van der Waals surface area contributed by atoms with Crippen LogP contribution in [0.25, 0.3) is 0 Å². The van der Waals surface area contributed by atoms with E-state index in [2.05, 4.69) is 4.98 Å². The highest BCUT2D eigenvalue weighted by Gasteiger charge is 2.28. The highest BCUT2D eigenvalue weighted by Crippen LogP contribution is 2.31. The Morgan fingerprint density at radius 1 is 1.67 bits per heavy atom. The molecule has 0 aliphatic heterocycles. The van der Waals surface area contributed by atoms with E-state index in [1.165, 1.54) is 6.07 Å². The molecule has 1 N–H and O–H groups in total. The van der Waals surface area contributed by atoms with Gasteiger partial charge in [-0.05, 0) is 0 Å². The minimum Gasteiger partial charge on any atom is -0.481 e. The van der Waals surface area contributed by atoms with Crippen LogP contribution >= 0.6 is 0 Å². The minimum atomic E-state index is -3.24. The van der Waals surface area contributed by atoms with Crippen LogP contribution in [0.5, 0.6) is 0 Å². The molecule has 0 unspecified atom stereocenters. The van der Waals surface area contributed by atoms with Crippen LogP contribution in [0.4, 0.5) is 14.5 Å². The molecule has 0 amide bonds. The maximum atomic E-state index is 12.6. The molecule has 0 atom stereocenters. The first kappa shape index (κ1) is 13.4. The molecular weight excluding hydrogens is 252 g/mol. The zero-order valence-corrected chi connectivity index (χ0v) is 8.63. The summed E-state index contributed by atoms with van der Waals surface area (Å²) in [5.74, 6) is -1.34. The van der Waals surface area contributed by atoms with E-state index in [9.17, 15) is 23.7 Å². The molecule has 0 saturated carbocycles. The summed E-state index contributed by atoms with van der Waals surface area (Å²) in [6, 6.07) is 1.93. The largest absolute Gasteiger partial charge is 0.481 e. The van der Waals surface area contributed by atoms with Gasteiger partial charge >= 0.3 is 5.97 Å². The lowest BCUT2D eigenvalue weighted by atomic mass is 10.1. The van der Waals surface area contributed by atoms with Gasteiger partial charge in [0.25, 0.3) is 12.1 Å². The van der Waals surface area contributed by atoms with Gasteiger partial charge in [-0.15, -0.1) is 0 Å². The number of aromatic nitrogens is 1. The summed E-state index contributed by atoms with van der Waals surface area (Å²) >= 11 is 0. The van der Waals surface area contributed by atoms with E-state index in [-0.39, 0.29) is 5.69 Å². The van der Waals surface area contributed by atoms with Crippen molar-refractivity contribution in [3.8, 4) is 6.07 Å². The van der Waals surface area contributed by atoms with E-state index in [4.69, 9.17) is 10.4 Å². The first-order valence-electron chi connectivity index (χ1n) is 4.45. The number of nitro groups is 1. The quantitative estimate of drug-likeness (QED) is 0.643. The number of hydrogen-bond acceptors (Lipinski definition) is 5. The Bertz CT molecular complexity index is 553. The molecule has 0 aliphatic rings. The highest BCUT2D eigenvalue weighted by molar-refractivity contribution is 5.70. The van der Waals surface area contributed by atoms with Gasteiger partial charge in [0, 0.05) is 6.07 Å². The fraction of sp³-hybridized carbons (Fsp3) is 0.222. The topological polar surface area (TPSA) is 117 Å². The van der Waals surface area contributed by atoms with Crippen LogP contribution in [-0.2, 0) is 11.2 Å². The van der Waals surface area contributed by atoms with Crippen molar-refractivity contribution in [2.75, 3.05) is 0 Å². The van der Waals surface area contributed by atoms with Crippen LogP contribution in [0.15, 0.2) is 6.07 Å². The van der Waals surface area contributed by atoms with Gasteiger partial charge in [0.1, 0.15) is 11.6 Å². The number of carboxylic acid groups (broad SMARTS) is 1. The summed E-state index contributed by atoms with van der Waals surface area (Å²) in [4.78, 5) is 23.3. The zero-order chi connectivity index (χ0) is 13.9. The number of pyridine rings is 1. The lowest BCUT2D eigenvalue weighted by Crippen LogP contribution is -2.08. The normalized spacial score (nSPS) is 10.1. The van der Waals surface area contributed by atoms with E-state index < -0.39 is 40.7 Å². The first-order chi connectivity index (χ1) is 8.36. The molecular formula is C9H5F2N3O4. The van der Waals surface area contributed by atoms with Crippen molar-refractivity contribution in [2.45, 2.75) is 12.8 Å². The number of carboxylic acids is 1. The van der Waals surface area contributed by atoms with Crippen molar-refractivity contribution in [2.24, 2.45) is 0 Å². The molecule has 1 rings (SSSR count). The van der Waals surface area contributed by atoms with Gasteiger partial charge < -0.3 is 5.11 Å². The molecule has 0 radical (unpaired) electrons. The average Bonchev–Trinajstić information content (AvgIpc) is 2.26. The van der Waals surface area contributed by atoms with E-state index in [1.54, 1.807) is 0 Å². The van der Waals surface area contributed by atoms with Crippen LogP contribution in [-0.4, -0.2) is 21.0 Å². The van der Waals surface area contributed by atoms with Crippen LogP contribution in [0.3, 0.4) is 0 Å². The Kier molecular flexibility index (Phi) is 3.83. The molecule has 1 aromatic heterocycles. The molecule has 1 heterocycles. The lowest BCUT2D eigenvalue weighted by Gasteiger charge is -2.05. The van der Waals surface area contributed by atoms with Crippen molar-refractivity contribution < 1.29 is 23.6 Å². The van der Waals surface area contributed by atoms with Crippen molar-refractivity contribution >= 4 is 11.7 Å². The maximum Gasteiger partial charge on any atom is 0.309 e. The van der Waals surface area contributed by atoms with Gasteiger partial charge in [0.2, 0.25) is 0 Å². The van der Waals surface area contributed by atoms with Crippen LogP contribution < -0.4 is 0 Å². The zero-order valence-electron chi connectivity index (χ0n) is 8.63. The van der Waals surface area contributed by atoms with Gasteiger partial charge in [-0.3, -0.25) is 14.9 Å². The molecule has 7 nitrogen and oxygen atoms in total. The van der Waals surface area contributed by atoms with Gasteiger partial charge in [0.05, 0.1) is 17.0 Å². The number of carbonyl (C=O) groups is 1. The fourth-order valence-corrected chi connectivity index (χ4v) is 1.29. The smallest absolute Gasteiger partial charge is 0.309 e. The molecule has 1 aromatic rings. The predicted molar refractivity (Wildman–Crippen MR) is 51.9 cm³/mol. The van der Waals surface area contributed by atoms with E-state index in [0.717, 1.165) is 0 Å². The van der Waals surface area contributed by atoms with Gasteiger partial charge in [-0.25, -0.2) is 13.8 Å².